The minimum absolute atomic E-state index is 0.640. The van der Waals surface area contributed by atoms with Crippen LogP contribution in [0.25, 0.3) is 0 Å². The molecule has 0 amide bonds. The lowest BCUT2D eigenvalue weighted by atomic mass is 10.1. The van der Waals surface area contributed by atoms with Crippen molar-refractivity contribution in [2.75, 3.05) is 41.7 Å². The molecule has 0 aromatic carbocycles. The Balaban J connectivity index is 2.76. The molecule has 1 aromatic heterocycles. The topological polar surface area (TPSA) is 66.0 Å². The maximum absolute atomic E-state index is 4.53. The highest BCUT2D eigenvalue weighted by Crippen LogP contribution is 2.13. The Morgan fingerprint density at radius 1 is 0.952 bits per heavy atom. The van der Waals surface area contributed by atoms with Crippen molar-refractivity contribution in [3.63, 3.8) is 0 Å². The van der Waals surface area contributed by atoms with Crippen molar-refractivity contribution in [1.29, 1.82) is 0 Å². The largest absolute Gasteiger partial charge is 0.354 e. The summed E-state index contributed by atoms with van der Waals surface area (Å²) in [4.78, 5) is 15.5. The van der Waals surface area contributed by atoms with E-state index in [0.29, 0.717) is 11.9 Å². The fraction of sp³-hybridized carbons (Fsp3) is 0.800. The first-order chi connectivity index (χ1) is 10.1. The molecular formula is C15H30N6. The van der Waals surface area contributed by atoms with Gasteiger partial charge in [-0.2, -0.15) is 15.0 Å². The first kappa shape index (κ1) is 17.5. The zero-order valence-corrected chi connectivity index (χ0v) is 14.1. The minimum Gasteiger partial charge on any atom is -0.354 e. The van der Waals surface area contributed by atoms with Gasteiger partial charge in [-0.05, 0) is 39.5 Å². The summed E-state index contributed by atoms with van der Waals surface area (Å²) in [7, 11) is 0. The summed E-state index contributed by atoms with van der Waals surface area (Å²) >= 11 is 0. The molecular weight excluding hydrogens is 264 g/mol. The van der Waals surface area contributed by atoms with E-state index in [9.17, 15) is 0 Å². The van der Waals surface area contributed by atoms with Crippen LogP contribution in [-0.4, -0.2) is 41.1 Å². The van der Waals surface area contributed by atoms with E-state index in [1.54, 1.807) is 0 Å². The van der Waals surface area contributed by atoms with Gasteiger partial charge in [0.05, 0.1) is 0 Å². The summed E-state index contributed by atoms with van der Waals surface area (Å²) in [5.41, 5.74) is 0. The molecule has 21 heavy (non-hydrogen) atoms. The van der Waals surface area contributed by atoms with Crippen LogP contribution in [0.2, 0.25) is 0 Å². The number of nitrogens with one attached hydrogen (secondary N) is 2. The predicted octanol–water partition coefficient (Wildman–Crippen LogP) is 3.00. The predicted molar refractivity (Wildman–Crippen MR) is 90.1 cm³/mol. The van der Waals surface area contributed by atoms with Gasteiger partial charge in [-0.1, -0.05) is 13.8 Å². The molecule has 0 saturated carbocycles. The van der Waals surface area contributed by atoms with Gasteiger partial charge in [-0.25, -0.2) is 0 Å². The summed E-state index contributed by atoms with van der Waals surface area (Å²) in [5, 5.41) is 6.48. The van der Waals surface area contributed by atoms with E-state index in [-0.39, 0.29) is 0 Å². The van der Waals surface area contributed by atoms with Gasteiger partial charge in [0.2, 0.25) is 17.8 Å². The lowest BCUT2D eigenvalue weighted by molar-refractivity contribution is 0.566. The molecule has 1 aromatic rings. The van der Waals surface area contributed by atoms with Crippen molar-refractivity contribution in [1.82, 2.24) is 15.0 Å². The fourth-order valence-corrected chi connectivity index (χ4v) is 2.04. The molecule has 0 spiro atoms. The molecule has 0 aliphatic carbocycles. The van der Waals surface area contributed by atoms with Gasteiger partial charge in [-0.3, -0.25) is 0 Å². The number of hydrogen-bond acceptors (Lipinski definition) is 6. The molecule has 0 bridgehead atoms. The van der Waals surface area contributed by atoms with Gasteiger partial charge in [0.25, 0.3) is 0 Å². The highest BCUT2D eigenvalue weighted by atomic mass is 15.3. The molecule has 6 nitrogen and oxygen atoms in total. The second-order valence-electron chi connectivity index (χ2n) is 5.45. The summed E-state index contributed by atoms with van der Waals surface area (Å²) in [6, 6.07) is 0. The number of aromatic nitrogens is 3. The number of rotatable bonds is 10. The molecule has 0 unspecified atom stereocenters. The number of nitrogens with zero attached hydrogens (tertiary/aromatic N) is 4. The smallest absolute Gasteiger partial charge is 0.231 e. The number of anilines is 3. The molecule has 1 heterocycles. The lowest BCUT2D eigenvalue weighted by Crippen LogP contribution is -2.25. The Hall–Kier alpha value is -1.59. The van der Waals surface area contributed by atoms with Crippen molar-refractivity contribution in [3.05, 3.63) is 0 Å². The maximum Gasteiger partial charge on any atom is 0.231 e. The molecule has 120 valence electrons. The van der Waals surface area contributed by atoms with E-state index in [1.807, 2.05) is 6.92 Å². The van der Waals surface area contributed by atoms with Crippen LogP contribution in [0.15, 0.2) is 0 Å². The zero-order valence-electron chi connectivity index (χ0n) is 14.1. The van der Waals surface area contributed by atoms with Crippen LogP contribution < -0.4 is 15.5 Å². The Morgan fingerprint density at radius 3 is 2.10 bits per heavy atom. The zero-order chi connectivity index (χ0) is 15.7. The average molecular weight is 294 g/mol. The fourth-order valence-electron chi connectivity index (χ4n) is 2.04. The Morgan fingerprint density at radius 2 is 1.57 bits per heavy atom. The van der Waals surface area contributed by atoms with E-state index in [0.717, 1.165) is 44.5 Å². The molecule has 0 radical (unpaired) electrons. The summed E-state index contributed by atoms with van der Waals surface area (Å²) in [6.07, 6.45) is 2.33. The first-order valence-electron chi connectivity index (χ1n) is 8.09. The second-order valence-corrected chi connectivity index (χ2v) is 5.45. The third kappa shape index (κ3) is 6.14. The van der Waals surface area contributed by atoms with Crippen molar-refractivity contribution >= 4 is 17.8 Å². The van der Waals surface area contributed by atoms with Crippen molar-refractivity contribution in [2.45, 2.75) is 47.5 Å². The quantitative estimate of drug-likeness (QED) is 0.647. The van der Waals surface area contributed by atoms with E-state index in [2.05, 4.69) is 58.2 Å². The molecule has 6 heteroatoms. The average Bonchev–Trinajstić information content (AvgIpc) is 2.45. The van der Waals surface area contributed by atoms with Gasteiger partial charge in [-0.15, -0.1) is 0 Å². The SMILES string of the molecule is CCNc1nc(NCCCC(C)C)nc(N(CC)CC)n1. The van der Waals surface area contributed by atoms with Crippen LogP contribution >= 0.6 is 0 Å². The molecule has 0 saturated heterocycles. The lowest BCUT2D eigenvalue weighted by Gasteiger charge is -2.19. The monoisotopic (exact) mass is 294 g/mol. The van der Waals surface area contributed by atoms with Crippen molar-refractivity contribution in [3.8, 4) is 0 Å². The summed E-state index contributed by atoms with van der Waals surface area (Å²) in [5.74, 6) is 2.76. The Labute approximate surface area is 128 Å². The van der Waals surface area contributed by atoms with Crippen molar-refractivity contribution in [2.24, 2.45) is 5.92 Å². The Bertz CT molecular complexity index is 403. The molecule has 0 atom stereocenters. The van der Waals surface area contributed by atoms with Gasteiger partial charge >= 0.3 is 0 Å². The highest BCUT2D eigenvalue weighted by Gasteiger charge is 2.10. The summed E-state index contributed by atoms with van der Waals surface area (Å²) < 4.78 is 0. The molecule has 1 rings (SSSR count). The summed E-state index contributed by atoms with van der Waals surface area (Å²) in [6.45, 7) is 14.2. The van der Waals surface area contributed by atoms with Crippen LogP contribution in [0, 0.1) is 5.92 Å². The van der Waals surface area contributed by atoms with E-state index in [4.69, 9.17) is 0 Å². The van der Waals surface area contributed by atoms with Gasteiger partial charge in [0, 0.05) is 26.2 Å². The van der Waals surface area contributed by atoms with E-state index in [1.165, 1.54) is 6.42 Å². The second kappa shape index (κ2) is 9.37. The standard InChI is InChI=1S/C15H30N6/c1-6-16-13-18-14(17-11-9-10-12(4)5)20-15(19-13)21(7-2)8-3/h12H,6-11H2,1-5H3,(H2,16,17,18,19,20). The minimum atomic E-state index is 0.640. The molecule has 0 fully saturated rings. The van der Waals surface area contributed by atoms with Crippen LogP contribution in [0.1, 0.15) is 47.5 Å². The van der Waals surface area contributed by atoms with Gasteiger partial charge < -0.3 is 15.5 Å². The van der Waals surface area contributed by atoms with Crippen LogP contribution in [-0.2, 0) is 0 Å². The number of hydrogen-bond donors (Lipinski definition) is 2. The third-order valence-electron chi connectivity index (χ3n) is 3.25. The van der Waals surface area contributed by atoms with Crippen LogP contribution in [0.5, 0.6) is 0 Å². The maximum atomic E-state index is 4.53. The first-order valence-corrected chi connectivity index (χ1v) is 8.09. The van der Waals surface area contributed by atoms with Crippen LogP contribution in [0.3, 0.4) is 0 Å². The van der Waals surface area contributed by atoms with Crippen LogP contribution in [0.4, 0.5) is 17.8 Å². The highest BCUT2D eigenvalue weighted by molar-refractivity contribution is 5.43. The van der Waals surface area contributed by atoms with Crippen molar-refractivity contribution < 1.29 is 0 Å². The Kier molecular flexibility index (Phi) is 7.79. The van der Waals surface area contributed by atoms with E-state index < -0.39 is 0 Å². The van der Waals surface area contributed by atoms with Gasteiger partial charge in [0.1, 0.15) is 0 Å². The third-order valence-corrected chi connectivity index (χ3v) is 3.25. The normalized spacial score (nSPS) is 10.8. The van der Waals surface area contributed by atoms with Gasteiger partial charge in [0.15, 0.2) is 0 Å². The molecule has 0 aliphatic rings. The van der Waals surface area contributed by atoms with E-state index >= 15 is 0 Å². The molecule has 0 aliphatic heterocycles. The molecule has 2 N–H and O–H groups in total.